The van der Waals surface area contributed by atoms with Gasteiger partial charge in [0, 0.05) is 28.4 Å². The van der Waals surface area contributed by atoms with Crippen molar-refractivity contribution >= 4 is 33.0 Å². The molecule has 0 saturated carbocycles. The molecule has 2 heterocycles. The molecule has 0 aliphatic heterocycles. The third-order valence-electron chi connectivity index (χ3n) is 9.68. The minimum Gasteiger partial charge on any atom is -0.481 e. The molecule has 1 atom stereocenters. The van der Waals surface area contributed by atoms with Gasteiger partial charge in [-0.3, -0.25) is 14.6 Å². The lowest BCUT2D eigenvalue weighted by Gasteiger charge is -2.22. The topological polar surface area (TPSA) is 130 Å². The molecule has 0 fully saturated rings. The van der Waals surface area contributed by atoms with Gasteiger partial charge in [-0.1, -0.05) is 105 Å². The standard InChI is InChI=1S/C41H62N6O4S/c1-9-11-13-14-15-16-17-18-19-20-21-34(51-33-24-22-32(23-25-33)46-52(49,50)26-12-10-2)40(48)42-38-30(4)27-29(3)37(31(38)5)39-44-43-36-28-35(41(6,7)8)45-47(36)39/h22-25,27-28,34,43,46H,9-21,26H2,1-8H3,(H,42,48). The lowest BCUT2D eigenvalue weighted by atomic mass is 9.93. The summed E-state index contributed by atoms with van der Waals surface area (Å²) in [5, 5.41) is 15.9. The number of nitrogens with zero attached hydrogens (tertiary/aromatic N) is 3. The number of hydrogen-bond donors (Lipinski definition) is 3. The van der Waals surface area contributed by atoms with Gasteiger partial charge in [-0.05, 0) is 81.0 Å². The van der Waals surface area contributed by atoms with Gasteiger partial charge in [-0.15, -0.1) is 0 Å². The van der Waals surface area contributed by atoms with Crippen molar-refractivity contribution in [2.75, 3.05) is 15.8 Å². The highest BCUT2D eigenvalue weighted by Gasteiger charge is 2.26. The normalized spacial score (nSPS) is 12.7. The van der Waals surface area contributed by atoms with Gasteiger partial charge in [0.05, 0.1) is 11.4 Å². The Balaban J connectivity index is 1.52. The quantitative estimate of drug-likeness (QED) is 0.0731. The summed E-state index contributed by atoms with van der Waals surface area (Å²) in [7, 11) is -3.42. The predicted molar refractivity (Wildman–Crippen MR) is 214 cm³/mol. The number of benzene rings is 2. The van der Waals surface area contributed by atoms with Gasteiger partial charge < -0.3 is 10.1 Å². The highest BCUT2D eigenvalue weighted by Crippen LogP contribution is 2.35. The predicted octanol–water partition coefficient (Wildman–Crippen LogP) is 10.2. The summed E-state index contributed by atoms with van der Waals surface area (Å²) in [6.07, 6.45) is 13.2. The lowest BCUT2D eigenvalue weighted by molar-refractivity contribution is -0.123. The minimum absolute atomic E-state index is 0.0767. The van der Waals surface area contributed by atoms with E-state index in [0.717, 1.165) is 65.0 Å². The van der Waals surface area contributed by atoms with Crippen molar-refractivity contribution in [2.45, 2.75) is 150 Å². The van der Waals surface area contributed by atoms with Crippen LogP contribution in [0.1, 0.15) is 140 Å². The first-order valence-electron chi connectivity index (χ1n) is 19.4. The second-order valence-corrected chi connectivity index (χ2v) is 17.2. The molecule has 2 aromatic carbocycles. The summed E-state index contributed by atoms with van der Waals surface area (Å²) in [5.74, 6) is 1.06. The number of amides is 1. The number of aromatic amines is 1. The molecule has 11 heteroatoms. The molecule has 2 aromatic heterocycles. The van der Waals surface area contributed by atoms with Crippen LogP contribution in [0.25, 0.3) is 17.0 Å². The van der Waals surface area contributed by atoms with E-state index in [1.807, 2.05) is 31.4 Å². The van der Waals surface area contributed by atoms with Crippen LogP contribution in [0, 0.1) is 20.8 Å². The number of aryl methyl sites for hydroxylation is 2. The smallest absolute Gasteiger partial charge is 0.265 e. The summed E-state index contributed by atoms with van der Waals surface area (Å²) in [6, 6.07) is 10.9. The fourth-order valence-corrected chi connectivity index (χ4v) is 7.89. The Kier molecular flexibility index (Phi) is 14.8. The fourth-order valence-electron chi connectivity index (χ4n) is 6.63. The number of nitrogens with one attached hydrogen (secondary N) is 3. The van der Waals surface area contributed by atoms with Gasteiger partial charge in [0.2, 0.25) is 10.0 Å². The Morgan fingerprint density at radius 2 is 1.48 bits per heavy atom. The molecular weight excluding hydrogens is 673 g/mol. The Morgan fingerprint density at radius 1 is 0.865 bits per heavy atom. The van der Waals surface area contributed by atoms with E-state index < -0.39 is 16.1 Å². The zero-order chi connectivity index (χ0) is 37.9. The molecule has 10 nitrogen and oxygen atoms in total. The van der Waals surface area contributed by atoms with E-state index in [1.54, 1.807) is 24.3 Å². The Morgan fingerprint density at radius 3 is 2.10 bits per heavy atom. The van der Waals surface area contributed by atoms with Crippen LogP contribution < -0.4 is 14.8 Å². The molecule has 0 aliphatic rings. The summed E-state index contributed by atoms with van der Waals surface area (Å²) in [6.45, 7) is 16.7. The van der Waals surface area contributed by atoms with Crippen LogP contribution in [0.4, 0.5) is 11.4 Å². The molecule has 4 aromatic rings. The van der Waals surface area contributed by atoms with Gasteiger partial charge in [-0.25, -0.2) is 8.42 Å². The molecule has 0 radical (unpaired) electrons. The van der Waals surface area contributed by atoms with E-state index in [2.05, 4.69) is 60.9 Å². The molecule has 3 N–H and O–H groups in total. The second-order valence-electron chi connectivity index (χ2n) is 15.4. The first-order chi connectivity index (χ1) is 24.7. The van der Waals surface area contributed by atoms with E-state index in [4.69, 9.17) is 9.84 Å². The number of carbonyl (C=O) groups excluding carboxylic acids is 1. The van der Waals surface area contributed by atoms with Crippen molar-refractivity contribution in [1.29, 1.82) is 0 Å². The third kappa shape index (κ3) is 11.3. The molecule has 4 rings (SSSR count). The summed E-state index contributed by atoms with van der Waals surface area (Å²) >= 11 is 0. The maximum atomic E-state index is 14.1. The summed E-state index contributed by atoms with van der Waals surface area (Å²) < 4.78 is 35.7. The maximum Gasteiger partial charge on any atom is 0.265 e. The van der Waals surface area contributed by atoms with Gasteiger partial charge in [0.25, 0.3) is 5.91 Å². The van der Waals surface area contributed by atoms with Crippen LogP contribution in [-0.2, 0) is 20.2 Å². The third-order valence-corrected chi connectivity index (χ3v) is 11.1. The van der Waals surface area contributed by atoms with Crippen molar-refractivity contribution < 1.29 is 17.9 Å². The zero-order valence-electron chi connectivity index (χ0n) is 32.8. The van der Waals surface area contributed by atoms with Crippen molar-refractivity contribution in [3.63, 3.8) is 0 Å². The van der Waals surface area contributed by atoms with Gasteiger partial charge >= 0.3 is 0 Å². The van der Waals surface area contributed by atoms with Crippen molar-refractivity contribution in [3.8, 4) is 17.1 Å². The number of fused-ring (bicyclic) bond motifs is 1. The van der Waals surface area contributed by atoms with Crippen LogP contribution in [0.3, 0.4) is 0 Å². The molecule has 0 saturated heterocycles. The number of anilines is 2. The van der Waals surface area contributed by atoms with Crippen LogP contribution >= 0.6 is 0 Å². The van der Waals surface area contributed by atoms with E-state index in [1.165, 1.54) is 44.9 Å². The van der Waals surface area contributed by atoms with Gasteiger partial charge in [0.15, 0.2) is 17.6 Å². The molecule has 1 unspecified atom stereocenters. The Hall–Kier alpha value is -3.86. The maximum absolute atomic E-state index is 14.1. The van der Waals surface area contributed by atoms with E-state index in [-0.39, 0.29) is 17.1 Å². The number of rotatable bonds is 21. The van der Waals surface area contributed by atoms with Crippen molar-refractivity contribution in [3.05, 3.63) is 58.8 Å². The summed E-state index contributed by atoms with van der Waals surface area (Å²) in [5.41, 5.74) is 6.68. The first-order valence-corrected chi connectivity index (χ1v) is 21.0. The van der Waals surface area contributed by atoms with Crippen LogP contribution in [0.15, 0.2) is 36.4 Å². The first kappa shape index (κ1) is 40.9. The van der Waals surface area contributed by atoms with Crippen LogP contribution in [-0.4, -0.2) is 46.0 Å². The molecular formula is C41H62N6O4S. The van der Waals surface area contributed by atoms with Gasteiger partial charge in [0.1, 0.15) is 5.75 Å². The van der Waals surface area contributed by atoms with E-state index in [0.29, 0.717) is 30.1 Å². The number of sulfonamides is 1. The molecule has 0 bridgehead atoms. The SMILES string of the molecule is CCCCCCCCCCCCC(Oc1ccc(NS(=O)(=O)CCCC)cc1)C(=O)Nc1c(C)cc(C)c(-c2n[nH]c3cc(C(C)(C)C)nn23)c1C. The van der Waals surface area contributed by atoms with E-state index in [9.17, 15) is 13.2 Å². The molecule has 0 aliphatic carbocycles. The summed E-state index contributed by atoms with van der Waals surface area (Å²) in [4.78, 5) is 14.1. The number of carbonyl (C=O) groups is 1. The number of unbranched alkanes of at least 4 members (excludes halogenated alkanes) is 10. The Bertz CT molecular complexity index is 1850. The minimum atomic E-state index is -3.42. The average Bonchev–Trinajstić information content (AvgIpc) is 3.69. The average molecular weight is 735 g/mol. The zero-order valence-corrected chi connectivity index (χ0v) is 33.6. The van der Waals surface area contributed by atoms with Gasteiger partial charge in [-0.2, -0.15) is 14.7 Å². The number of hydrogen-bond acceptors (Lipinski definition) is 6. The Labute approximate surface area is 312 Å². The molecule has 52 heavy (non-hydrogen) atoms. The largest absolute Gasteiger partial charge is 0.481 e. The molecule has 286 valence electrons. The van der Waals surface area contributed by atoms with Crippen LogP contribution in [0.5, 0.6) is 5.75 Å². The molecule has 0 spiro atoms. The monoisotopic (exact) mass is 734 g/mol. The van der Waals surface area contributed by atoms with Crippen molar-refractivity contribution in [2.24, 2.45) is 0 Å². The van der Waals surface area contributed by atoms with Crippen molar-refractivity contribution in [1.82, 2.24) is 19.8 Å². The van der Waals surface area contributed by atoms with Crippen LogP contribution in [0.2, 0.25) is 0 Å². The van der Waals surface area contributed by atoms with E-state index >= 15 is 0 Å². The highest BCUT2D eigenvalue weighted by molar-refractivity contribution is 7.92. The molecule has 1 amide bonds. The number of ether oxygens (including phenoxy) is 1. The lowest BCUT2D eigenvalue weighted by Crippen LogP contribution is -2.33. The fraction of sp³-hybridized carbons (Fsp3) is 0.585. The number of aromatic nitrogens is 4. The number of H-pyrrole nitrogens is 1. The second kappa shape index (κ2) is 18.8. The highest BCUT2D eigenvalue weighted by atomic mass is 32.2.